The van der Waals surface area contributed by atoms with Crippen molar-refractivity contribution in [1.82, 2.24) is 14.9 Å². The van der Waals surface area contributed by atoms with E-state index >= 15 is 0 Å². The summed E-state index contributed by atoms with van der Waals surface area (Å²) < 4.78 is 2.23. The first-order chi connectivity index (χ1) is 15.1. The van der Waals surface area contributed by atoms with E-state index in [0.717, 1.165) is 63.5 Å². The fourth-order valence-electron chi connectivity index (χ4n) is 7.10. The fraction of sp³-hybridized carbons (Fsp3) is 0.615. The van der Waals surface area contributed by atoms with Gasteiger partial charge >= 0.3 is 0 Å². The Bertz CT molecular complexity index is 966. The third-order valence-corrected chi connectivity index (χ3v) is 9.23. The number of benzene rings is 1. The SMILES string of the molecule is O=C(NC1CCCC1)C12CCC(C(O)CC3c4ccccc4-c4cncn43)(CC1)CC2. The summed E-state index contributed by atoms with van der Waals surface area (Å²) in [4.78, 5) is 17.5. The Labute approximate surface area is 184 Å². The van der Waals surface area contributed by atoms with Crippen LogP contribution in [0.1, 0.15) is 82.2 Å². The van der Waals surface area contributed by atoms with Gasteiger partial charge in [0.15, 0.2) is 0 Å². The van der Waals surface area contributed by atoms with Crippen molar-refractivity contribution in [3.05, 3.63) is 42.4 Å². The zero-order chi connectivity index (χ0) is 21.1. The Kier molecular flexibility index (Phi) is 4.53. The fourth-order valence-corrected chi connectivity index (χ4v) is 7.10. The summed E-state index contributed by atoms with van der Waals surface area (Å²) in [5.74, 6) is 0.301. The molecule has 31 heavy (non-hydrogen) atoms. The number of rotatable bonds is 5. The van der Waals surface area contributed by atoms with Crippen LogP contribution in [-0.4, -0.2) is 32.7 Å². The van der Waals surface area contributed by atoms with Crippen LogP contribution in [0.2, 0.25) is 0 Å². The molecule has 7 rings (SSSR count). The van der Waals surface area contributed by atoms with Gasteiger partial charge in [-0.25, -0.2) is 4.98 Å². The number of fused-ring (bicyclic) bond motifs is 6. The predicted octanol–water partition coefficient (Wildman–Crippen LogP) is 4.60. The standard InChI is InChI=1S/C26H33N3O2/c30-23(15-21-19-7-3-4-8-20(19)22-16-27-17-29(21)22)25-9-12-26(13-10-25,14-11-25)24(31)28-18-5-1-2-6-18/h3-4,7-8,16-18,21,23,30H,1-2,5-6,9-15H2,(H,28,31). The second kappa shape index (κ2) is 7.19. The molecule has 0 spiro atoms. The summed E-state index contributed by atoms with van der Waals surface area (Å²) in [7, 11) is 0. The third-order valence-electron chi connectivity index (χ3n) is 9.23. The van der Waals surface area contributed by atoms with E-state index in [9.17, 15) is 9.90 Å². The molecule has 5 aliphatic rings. The minimum atomic E-state index is -0.352. The monoisotopic (exact) mass is 419 g/mol. The normalized spacial score (nSPS) is 32.6. The molecule has 164 valence electrons. The lowest BCUT2D eigenvalue weighted by Gasteiger charge is -2.54. The average Bonchev–Trinajstić information content (AvgIpc) is 3.55. The van der Waals surface area contributed by atoms with Gasteiger partial charge in [0, 0.05) is 17.0 Å². The van der Waals surface area contributed by atoms with E-state index in [-0.39, 0.29) is 23.0 Å². The van der Waals surface area contributed by atoms with Crippen molar-refractivity contribution in [1.29, 1.82) is 0 Å². The molecule has 0 radical (unpaired) electrons. The number of hydrogen-bond donors (Lipinski definition) is 2. The largest absolute Gasteiger partial charge is 0.392 e. The molecule has 2 atom stereocenters. The molecule has 4 aliphatic carbocycles. The maximum atomic E-state index is 13.1. The smallest absolute Gasteiger partial charge is 0.226 e. The molecule has 5 heteroatoms. The highest BCUT2D eigenvalue weighted by atomic mass is 16.3. The number of aliphatic hydroxyl groups is 1. The summed E-state index contributed by atoms with van der Waals surface area (Å²) in [6.45, 7) is 0. The molecule has 0 saturated heterocycles. The van der Waals surface area contributed by atoms with Crippen LogP contribution in [-0.2, 0) is 4.79 Å². The molecule has 1 aromatic carbocycles. The van der Waals surface area contributed by atoms with E-state index in [1.807, 2.05) is 12.5 Å². The predicted molar refractivity (Wildman–Crippen MR) is 119 cm³/mol. The minimum Gasteiger partial charge on any atom is -0.392 e. The van der Waals surface area contributed by atoms with Crippen LogP contribution in [0.4, 0.5) is 0 Å². The van der Waals surface area contributed by atoms with Crippen LogP contribution in [0.25, 0.3) is 11.3 Å². The number of imidazole rings is 1. The summed E-state index contributed by atoms with van der Waals surface area (Å²) in [6.07, 6.45) is 14.7. The first kappa shape index (κ1) is 19.5. The van der Waals surface area contributed by atoms with E-state index in [1.54, 1.807) is 0 Å². The van der Waals surface area contributed by atoms with E-state index in [1.165, 1.54) is 24.0 Å². The van der Waals surface area contributed by atoms with E-state index in [2.05, 4.69) is 39.1 Å². The van der Waals surface area contributed by atoms with Crippen LogP contribution in [0.3, 0.4) is 0 Å². The molecule has 4 fully saturated rings. The van der Waals surface area contributed by atoms with Crippen molar-refractivity contribution in [2.75, 3.05) is 0 Å². The lowest BCUT2D eigenvalue weighted by atomic mass is 9.51. The molecular formula is C26H33N3O2. The molecule has 2 bridgehead atoms. The Morgan fingerprint density at radius 3 is 2.58 bits per heavy atom. The highest BCUT2D eigenvalue weighted by Gasteiger charge is 2.55. The molecule has 1 aromatic heterocycles. The van der Waals surface area contributed by atoms with Crippen LogP contribution < -0.4 is 5.32 Å². The van der Waals surface area contributed by atoms with Gasteiger partial charge in [0.05, 0.1) is 30.4 Å². The molecule has 2 heterocycles. The number of nitrogens with one attached hydrogen (secondary N) is 1. The maximum Gasteiger partial charge on any atom is 0.226 e. The van der Waals surface area contributed by atoms with Gasteiger partial charge in [0.25, 0.3) is 0 Å². The average molecular weight is 420 g/mol. The second-order valence-electron chi connectivity index (χ2n) is 10.6. The Hall–Kier alpha value is -2.14. The summed E-state index contributed by atoms with van der Waals surface area (Å²) in [6, 6.07) is 9.06. The first-order valence-corrected chi connectivity index (χ1v) is 12.2. The number of aliphatic hydroxyl groups excluding tert-OH is 1. The van der Waals surface area contributed by atoms with Crippen molar-refractivity contribution in [3.63, 3.8) is 0 Å². The highest BCUT2D eigenvalue weighted by molar-refractivity contribution is 5.83. The van der Waals surface area contributed by atoms with Crippen molar-refractivity contribution < 1.29 is 9.90 Å². The number of carbonyl (C=O) groups excluding carboxylic acids is 1. The van der Waals surface area contributed by atoms with Crippen molar-refractivity contribution in [2.45, 2.75) is 88.8 Å². The molecule has 1 amide bonds. The van der Waals surface area contributed by atoms with Crippen molar-refractivity contribution in [3.8, 4) is 11.3 Å². The summed E-state index contributed by atoms with van der Waals surface area (Å²) in [5, 5.41) is 14.9. The maximum absolute atomic E-state index is 13.1. The molecule has 2 aromatic rings. The first-order valence-electron chi connectivity index (χ1n) is 12.2. The van der Waals surface area contributed by atoms with Gasteiger partial charge in [-0.15, -0.1) is 0 Å². The van der Waals surface area contributed by atoms with E-state index < -0.39 is 0 Å². The van der Waals surface area contributed by atoms with Gasteiger partial charge in [-0.3, -0.25) is 4.79 Å². The molecular weight excluding hydrogens is 386 g/mol. The summed E-state index contributed by atoms with van der Waals surface area (Å²) >= 11 is 0. The number of aromatic nitrogens is 2. The molecule has 2 unspecified atom stereocenters. The number of carbonyl (C=O) groups is 1. The zero-order valence-electron chi connectivity index (χ0n) is 18.2. The van der Waals surface area contributed by atoms with Crippen LogP contribution in [0.5, 0.6) is 0 Å². The highest BCUT2D eigenvalue weighted by Crippen LogP contribution is 2.59. The Morgan fingerprint density at radius 1 is 1.13 bits per heavy atom. The van der Waals surface area contributed by atoms with E-state index in [0.29, 0.717) is 11.9 Å². The van der Waals surface area contributed by atoms with Gasteiger partial charge in [-0.2, -0.15) is 0 Å². The second-order valence-corrected chi connectivity index (χ2v) is 10.6. The molecule has 4 saturated carbocycles. The molecule has 1 aliphatic heterocycles. The van der Waals surface area contributed by atoms with Gasteiger partial charge in [-0.05, 0) is 68.8 Å². The van der Waals surface area contributed by atoms with Crippen molar-refractivity contribution >= 4 is 5.91 Å². The lowest BCUT2D eigenvalue weighted by molar-refractivity contribution is -0.148. The summed E-state index contributed by atoms with van der Waals surface area (Å²) in [5.41, 5.74) is 3.48. The minimum absolute atomic E-state index is 0.0341. The Morgan fingerprint density at radius 2 is 1.84 bits per heavy atom. The molecule has 2 N–H and O–H groups in total. The Balaban J connectivity index is 1.16. The van der Waals surface area contributed by atoms with Crippen LogP contribution in [0.15, 0.2) is 36.8 Å². The van der Waals surface area contributed by atoms with Gasteiger partial charge in [0.1, 0.15) is 0 Å². The number of amides is 1. The van der Waals surface area contributed by atoms with E-state index in [4.69, 9.17) is 0 Å². The van der Waals surface area contributed by atoms with Crippen molar-refractivity contribution in [2.24, 2.45) is 10.8 Å². The molecule has 5 nitrogen and oxygen atoms in total. The topological polar surface area (TPSA) is 67.2 Å². The number of hydrogen-bond acceptors (Lipinski definition) is 3. The third kappa shape index (κ3) is 3.00. The van der Waals surface area contributed by atoms with Crippen LogP contribution in [0, 0.1) is 10.8 Å². The van der Waals surface area contributed by atoms with Crippen LogP contribution >= 0.6 is 0 Å². The lowest BCUT2D eigenvalue weighted by Crippen LogP contribution is -2.54. The number of nitrogens with zero attached hydrogens (tertiary/aromatic N) is 2. The van der Waals surface area contributed by atoms with Gasteiger partial charge in [0.2, 0.25) is 5.91 Å². The van der Waals surface area contributed by atoms with Gasteiger partial charge in [-0.1, -0.05) is 37.1 Å². The quantitative estimate of drug-likeness (QED) is 0.744. The zero-order valence-corrected chi connectivity index (χ0v) is 18.2. The van der Waals surface area contributed by atoms with Gasteiger partial charge < -0.3 is 15.0 Å².